The van der Waals surface area contributed by atoms with Crippen molar-refractivity contribution in [3.8, 4) is 5.75 Å². The number of rotatable bonds is 5. The van der Waals surface area contributed by atoms with Crippen molar-refractivity contribution in [2.24, 2.45) is 4.99 Å². The van der Waals surface area contributed by atoms with Crippen molar-refractivity contribution in [1.29, 1.82) is 0 Å². The highest BCUT2D eigenvalue weighted by molar-refractivity contribution is 8.16. The van der Waals surface area contributed by atoms with E-state index in [4.69, 9.17) is 4.74 Å². The molecule has 7 heteroatoms. The maximum atomic E-state index is 12.8. The molecule has 166 valence electrons. The van der Waals surface area contributed by atoms with Crippen LogP contribution in [0.4, 0.5) is 5.82 Å². The molecule has 0 radical (unpaired) electrons. The minimum absolute atomic E-state index is 0.204. The van der Waals surface area contributed by atoms with Crippen LogP contribution in [0.2, 0.25) is 0 Å². The molecule has 0 spiro atoms. The van der Waals surface area contributed by atoms with Gasteiger partial charge in [-0.05, 0) is 74.6 Å². The lowest BCUT2D eigenvalue weighted by Gasteiger charge is -2.23. The Morgan fingerprint density at radius 2 is 1.94 bits per heavy atom. The van der Waals surface area contributed by atoms with Gasteiger partial charge in [-0.1, -0.05) is 29.6 Å². The fourth-order valence-corrected chi connectivity index (χ4v) is 4.63. The first-order valence-electron chi connectivity index (χ1n) is 11.0. The number of thioether (sulfide) groups is 1. The van der Waals surface area contributed by atoms with Gasteiger partial charge in [-0.15, -0.1) is 0 Å². The van der Waals surface area contributed by atoms with Crippen LogP contribution in [0.5, 0.6) is 5.75 Å². The second kappa shape index (κ2) is 9.63. The number of hydrogen-bond donors (Lipinski definition) is 2. The van der Waals surface area contributed by atoms with Gasteiger partial charge in [0.15, 0.2) is 0 Å². The molecule has 0 unspecified atom stereocenters. The van der Waals surface area contributed by atoms with Crippen molar-refractivity contribution in [2.75, 3.05) is 18.4 Å². The Bertz CT molecular complexity index is 1290. The number of aliphatic imine (C=N–C) groups is 1. The first kappa shape index (κ1) is 21.5. The van der Waals surface area contributed by atoms with Gasteiger partial charge in [0.25, 0.3) is 5.91 Å². The molecule has 1 saturated heterocycles. The van der Waals surface area contributed by atoms with Gasteiger partial charge in [0.05, 0.1) is 5.70 Å². The third-order valence-electron chi connectivity index (χ3n) is 5.62. The average molecular weight is 457 g/mol. The van der Waals surface area contributed by atoms with E-state index < -0.39 is 0 Å². The molecule has 33 heavy (non-hydrogen) atoms. The van der Waals surface area contributed by atoms with Crippen molar-refractivity contribution in [1.82, 2.24) is 10.3 Å². The smallest absolute Gasteiger partial charge is 0.256 e. The van der Waals surface area contributed by atoms with Crippen LogP contribution in [0.15, 0.2) is 76.6 Å². The number of benzene rings is 2. The molecule has 5 rings (SSSR count). The molecule has 6 nitrogen and oxygen atoms in total. The van der Waals surface area contributed by atoms with Crippen molar-refractivity contribution >= 4 is 39.3 Å². The van der Waals surface area contributed by atoms with Gasteiger partial charge in [-0.25, -0.2) is 9.98 Å². The number of hydrogen-bond acceptors (Lipinski definition) is 6. The van der Waals surface area contributed by atoms with Gasteiger partial charge in [0.1, 0.15) is 22.7 Å². The number of aromatic nitrogens is 1. The van der Waals surface area contributed by atoms with Crippen LogP contribution < -0.4 is 15.4 Å². The summed E-state index contributed by atoms with van der Waals surface area (Å²) in [7, 11) is 0. The van der Waals surface area contributed by atoms with Crippen LogP contribution in [-0.2, 0) is 0 Å². The Morgan fingerprint density at radius 3 is 2.73 bits per heavy atom. The fraction of sp³-hybridized carbons (Fsp3) is 0.231. The zero-order valence-corrected chi connectivity index (χ0v) is 19.1. The molecule has 0 saturated carbocycles. The number of anilines is 1. The van der Waals surface area contributed by atoms with Crippen molar-refractivity contribution in [3.05, 3.63) is 82.7 Å². The Labute approximate surface area is 196 Å². The monoisotopic (exact) mass is 456 g/mol. The number of fused-ring (bicyclic) bond motifs is 1. The molecule has 0 atom stereocenters. The minimum Gasteiger partial charge on any atom is -0.490 e. The number of carbonyl (C=O) groups excluding carboxylic acids is 1. The second-order valence-electron chi connectivity index (χ2n) is 8.06. The van der Waals surface area contributed by atoms with Crippen LogP contribution in [0.25, 0.3) is 10.8 Å². The lowest BCUT2D eigenvalue weighted by atomic mass is 10.1. The van der Waals surface area contributed by atoms with Crippen LogP contribution >= 0.6 is 11.8 Å². The first-order chi connectivity index (χ1) is 16.1. The molecule has 1 fully saturated rings. The third kappa shape index (κ3) is 5.17. The summed E-state index contributed by atoms with van der Waals surface area (Å²) in [6.45, 7) is 3.89. The number of nitrogens with zero attached hydrogens (tertiary/aromatic N) is 2. The summed E-state index contributed by atoms with van der Waals surface area (Å²) in [5.41, 5.74) is 5.53. The Balaban J connectivity index is 1.29. The number of amides is 1. The molecule has 2 aromatic carbocycles. The van der Waals surface area contributed by atoms with E-state index in [0.717, 1.165) is 58.8 Å². The topological polar surface area (TPSA) is 75.6 Å². The molecule has 2 aliphatic heterocycles. The van der Waals surface area contributed by atoms with Gasteiger partial charge in [-0.2, -0.15) is 0 Å². The second-order valence-corrected chi connectivity index (χ2v) is 8.92. The van der Waals surface area contributed by atoms with E-state index in [-0.39, 0.29) is 12.0 Å². The zero-order valence-electron chi connectivity index (χ0n) is 18.3. The maximum Gasteiger partial charge on any atom is 0.256 e. The zero-order chi connectivity index (χ0) is 22.6. The van der Waals surface area contributed by atoms with Crippen LogP contribution in [0.1, 0.15) is 35.7 Å². The van der Waals surface area contributed by atoms with E-state index in [2.05, 4.69) is 32.4 Å². The predicted octanol–water partition coefficient (Wildman–Crippen LogP) is 5.13. The van der Waals surface area contributed by atoms with Gasteiger partial charge < -0.3 is 15.4 Å². The van der Waals surface area contributed by atoms with Crippen LogP contribution in [-0.4, -0.2) is 35.1 Å². The summed E-state index contributed by atoms with van der Waals surface area (Å²) in [5.74, 6) is 1.09. The molecule has 0 bridgehead atoms. The molecule has 1 aromatic heterocycles. The lowest BCUT2D eigenvalue weighted by molar-refractivity contribution is 0.102. The Morgan fingerprint density at radius 1 is 1.12 bits per heavy atom. The first-order valence-corrected chi connectivity index (χ1v) is 11.9. The number of piperidine rings is 1. The highest BCUT2D eigenvalue weighted by atomic mass is 32.2. The molecule has 0 aliphatic carbocycles. The van der Waals surface area contributed by atoms with Crippen LogP contribution in [0.3, 0.4) is 0 Å². The highest BCUT2D eigenvalue weighted by Crippen LogP contribution is 2.25. The summed E-state index contributed by atoms with van der Waals surface area (Å²) in [4.78, 5) is 21.7. The Kier molecular flexibility index (Phi) is 6.26. The SMILES string of the molecule is CC1=C=CSC(c2ccc3cnc(NC(=O)c4ccc(OC5CCNCC5)cc4)cc3c2)=N1. The molecule has 1 amide bonds. The molecule has 3 heterocycles. The maximum absolute atomic E-state index is 12.8. The summed E-state index contributed by atoms with van der Waals surface area (Å²) in [5, 5.41) is 11.1. The fourth-order valence-electron chi connectivity index (χ4n) is 3.84. The average Bonchev–Trinajstić information content (AvgIpc) is 2.85. The van der Waals surface area contributed by atoms with Crippen molar-refractivity contribution < 1.29 is 9.53 Å². The number of pyridine rings is 1. The Hall–Kier alpha value is -3.38. The van der Waals surface area contributed by atoms with Gasteiger partial charge in [-0.3, -0.25) is 4.79 Å². The predicted molar refractivity (Wildman–Crippen MR) is 134 cm³/mol. The van der Waals surface area contributed by atoms with Gasteiger partial charge in [0.2, 0.25) is 0 Å². The summed E-state index contributed by atoms with van der Waals surface area (Å²) >= 11 is 1.55. The van der Waals surface area contributed by atoms with E-state index in [9.17, 15) is 4.79 Å². The van der Waals surface area contributed by atoms with Gasteiger partial charge >= 0.3 is 0 Å². The summed E-state index contributed by atoms with van der Waals surface area (Å²) in [6, 6.07) is 15.3. The van der Waals surface area contributed by atoms with E-state index in [1.54, 1.807) is 30.1 Å². The van der Waals surface area contributed by atoms with Crippen molar-refractivity contribution in [3.63, 3.8) is 0 Å². The van der Waals surface area contributed by atoms with E-state index in [1.165, 1.54) is 0 Å². The minimum atomic E-state index is -0.204. The van der Waals surface area contributed by atoms with Crippen molar-refractivity contribution in [2.45, 2.75) is 25.9 Å². The number of carbonyl (C=O) groups is 1. The van der Waals surface area contributed by atoms with Gasteiger partial charge in [0, 0.05) is 28.1 Å². The number of ether oxygens (including phenoxy) is 1. The van der Waals surface area contributed by atoms with E-state index in [0.29, 0.717) is 11.4 Å². The van der Waals surface area contributed by atoms with E-state index >= 15 is 0 Å². The van der Waals surface area contributed by atoms with Crippen LogP contribution in [0, 0.1) is 0 Å². The third-order valence-corrected chi connectivity index (χ3v) is 6.41. The number of allylic oxidation sites excluding steroid dienone is 1. The highest BCUT2D eigenvalue weighted by Gasteiger charge is 2.15. The molecule has 3 aromatic rings. The molecular formula is C26H24N4O2S. The summed E-state index contributed by atoms with van der Waals surface area (Å²) in [6.07, 6.45) is 3.99. The van der Waals surface area contributed by atoms with E-state index in [1.807, 2.05) is 42.7 Å². The molecular weight excluding hydrogens is 432 g/mol. The quantitative estimate of drug-likeness (QED) is 0.521. The molecule has 2 N–H and O–H groups in total. The lowest BCUT2D eigenvalue weighted by Crippen LogP contribution is -2.34. The number of nitrogens with one attached hydrogen (secondary N) is 2. The molecule has 2 aliphatic rings. The normalized spacial score (nSPS) is 16.3. The standard InChI is InChI=1S/C26H24N4O2S/c1-17-10-13-33-26(29-17)19-2-3-20-16-28-24(15-21(20)14-19)30-25(31)18-4-6-22(7-5-18)32-23-8-11-27-12-9-23/h2-7,13-16,23,27H,8-9,11-12H2,1H3,(H,28,30,31). The largest absolute Gasteiger partial charge is 0.490 e. The summed E-state index contributed by atoms with van der Waals surface area (Å²) < 4.78 is 6.02.